The van der Waals surface area contributed by atoms with Gasteiger partial charge in [0, 0.05) is 6.54 Å². The van der Waals surface area contributed by atoms with Crippen LogP contribution < -0.4 is 14.4 Å². The van der Waals surface area contributed by atoms with Gasteiger partial charge in [0.25, 0.3) is 0 Å². The average Bonchev–Trinajstić information content (AvgIpc) is 2.61. The molecule has 7 heteroatoms. The number of rotatable bonds is 8. The number of carbonyl (C=O) groups excluding carboxylic acids is 1. The summed E-state index contributed by atoms with van der Waals surface area (Å²) in [5, 5.41) is 2.87. The van der Waals surface area contributed by atoms with Crippen LogP contribution >= 0.6 is 0 Å². The molecule has 0 fully saturated rings. The zero-order valence-electron chi connectivity index (χ0n) is 15.7. The van der Waals surface area contributed by atoms with E-state index in [9.17, 15) is 13.2 Å². The van der Waals surface area contributed by atoms with Crippen molar-refractivity contribution < 1.29 is 17.9 Å². The van der Waals surface area contributed by atoms with Gasteiger partial charge in [0.2, 0.25) is 15.9 Å². The van der Waals surface area contributed by atoms with E-state index in [0.717, 1.165) is 29.8 Å². The van der Waals surface area contributed by atoms with Crippen molar-refractivity contribution in [3.63, 3.8) is 0 Å². The van der Waals surface area contributed by atoms with Crippen molar-refractivity contribution in [2.24, 2.45) is 0 Å². The Bertz CT molecular complexity index is 741. The van der Waals surface area contributed by atoms with Crippen LogP contribution in [0.5, 0.6) is 5.75 Å². The van der Waals surface area contributed by atoms with Crippen LogP contribution in [0.15, 0.2) is 35.9 Å². The van der Waals surface area contributed by atoms with Crippen molar-refractivity contribution in [2.45, 2.75) is 45.6 Å². The maximum atomic E-state index is 12.5. The predicted octanol–water partition coefficient (Wildman–Crippen LogP) is 2.86. The summed E-state index contributed by atoms with van der Waals surface area (Å²) >= 11 is 0. The maximum Gasteiger partial charge on any atom is 0.243 e. The van der Waals surface area contributed by atoms with Gasteiger partial charge in [0.15, 0.2) is 0 Å². The van der Waals surface area contributed by atoms with E-state index in [0.29, 0.717) is 24.6 Å². The standard InChI is InChI=1S/C19H28N2O4S/c1-4-25-18-12-10-17(11-13-18)21(26(3,23)24)15(2)19(22)20-14-16-8-6-5-7-9-16/h8,10-13,15H,4-7,9,14H2,1-3H3,(H,20,22)/t15-/m0/s1. The number of benzene rings is 1. The Morgan fingerprint density at radius 2 is 1.96 bits per heavy atom. The molecule has 1 aromatic carbocycles. The minimum absolute atomic E-state index is 0.309. The average molecular weight is 381 g/mol. The highest BCUT2D eigenvalue weighted by Gasteiger charge is 2.29. The Labute approximate surface area is 156 Å². The molecule has 0 saturated carbocycles. The van der Waals surface area contributed by atoms with E-state index >= 15 is 0 Å². The van der Waals surface area contributed by atoms with Gasteiger partial charge in [-0.2, -0.15) is 0 Å². The number of allylic oxidation sites excluding steroid dienone is 1. The third-order valence-corrected chi connectivity index (χ3v) is 5.61. The topological polar surface area (TPSA) is 75.7 Å². The van der Waals surface area contributed by atoms with Crippen LogP contribution in [-0.4, -0.2) is 39.8 Å². The highest BCUT2D eigenvalue weighted by Crippen LogP contribution is 2.24. The first kappa shape index (κ1) is 20.3. The summed E-state index contributed by atoms with van der Waals surface area (Å²) in [5.74, 6) is 0.349. The van der Waals surface area contributed by atoms with E-state index in [1.807, 2.05) is 6.92 Å². The van der Waals surface area contributed by atoms with Gasteiger partial charge < -0.3 is 10.1 Å². The van der Waals surface area contributed by atoms with E-state index in [1.54, 1.807) is 31.2 Å². The molecule has 0 unspecified atom stereocenters. The molecular formula is C19H28N2O4S. The third-order valence-electron chi connectivity index (χ3n) is 4.37. The lowest BCUT2D eigenvalue weighted by Crippen LogP contribution is -2.48. The molecule has 0 aliphatic heterocycles. The summed E-state index contributed by atoms with van der Waals surface area (Å²) in [6.45, 7) is 4.49. The fourth-order valence-electron chi connectivity index (χ4n) is 3.08. The molecule has 0 heterocycles. The van der Waals surface area contributed by atoms with Crippen molar-refractivity contribution in [1.82, 2.24) is 5.32 Å². The second-order valence-electron chi connectivity index (χ2n) is 6.49. The van der Waals surface area contributed by atoms with Gasteiger partial charge in [-0.05, 0) is 63.8 Å². The molecular weight excluding hydrogens is 352 g/mol. The smallest absolute Gasteiger partial charge is 0.243 e. The van der Waals surface area contributed by atoms with Crippen LogP contribution in [0.3, 0.4) is 0 Å². The van der Waals surface area contributed by atoms with Crippen LogP contribution in [0, 0.1) is 0 Å². The first-order valence-electron chi connectivity index (χ1n) is 9.00. The largest absolute Gasteiger partial charge is 0.494 e. The first-order chi connectivity index (χ1) is 12.3. The molecule has 1 aromatic rings. The lowest BCUT2D eigenvalue weighted by Gasteiger charge is -2.28. The van der Waals surface area contributed by atoms with Crippen molar-refractivity contribution in [3.8, 4) is 5.75 Å². The zero-order valence-corrected chi connectivity index (χ0v) is 16.5. The number of carbonyl (C=O) groups is 1. The van der Waals surface area contributed by atoms with Crippen molar-refractivity contribution >= 4 is 21.6 Å². The summed E-state index contributed by atoms with van der Waals surface area (Å²) in [6.07, 6.45) is 7.63. The third kappa shape index (κ3) is 5.49. The fraction of sp³-hybridized carbons (Fsp3) is 0.526. The number of nitrogens with one attached hydrogen (secondary N) is 1. The van der Waals surface area contributed by atoms with E-state index < -0.39 is 16.1 Å². The number of anilines is 1. The molecule has 1 N–H and O–H groups in total. The SMILES string of the molecule is CCOc1ccc(N([C@@H](C)C(=O)NCC2=CCCCC2)S(C)(=O)=O)cc1. The lowest BCUT2D eigenvalue weighted by atomic mass is 10.00. The molecule has 0 aromatic heterocycles. The lowest BCUT2D eigenvalue weighted by molar-refractivity contribution is -0.121. The molecule has 0 spiro atoms. The molecule has 0 saturated heterocycles. The highest BCUT2D eigenvalue weighted by atomic mass is 32.2. The Hall–Kier alpha value is -2.02. The second-order valence-corrected chi connectivity index (χ2v) is 8.35. The summed E-state index contributed by atoms with van der Waals surface area (Å²) in [4.78, 5) is 12.5. The highest BCUT2D eigenvalue weighted by molar-refractivity contribution is 7.92. The maximum absolute atomic E-state index is 12.5. The monoisotopic (exact) mass is 380 g/mol. The summed E-state index contributed by atoms with van der Waals surface area (Å²) in [5.41, 5.74) is 1.65. The number of amides is 1. The van der Waals surface area contributed by atoms with Crippen molar-refractivity contribution in [3.05, 3.63) is 35.9 Å². The Morgan fingerprint density at radius 3 is 2.50 bits per heavy atom. The fourth-order valence-corrected chi connectivity index (χ4v) is 4.25. The molecule has 1 atom stereocenters. The van der Waals surface area contributed by atoms with Crippen LogP contribution in [0.4, 0.5) is 5.69 Å². The normalized spacial score (nSPS) is 15.7. The number of hydrogen-bond acceptors (Lipinski definition) is 4. The first-order valence-corrected chi connectivity index (χ1v) is 10.9. The Morgan fingerprint density at radius 1 is 1.27 bits per heavy atom. The summed E-state index contributed by atoms with van der Waals surface area (Å²) in [7, 11) is -3.61. The van der Waals surface area contributed by atoms with Gasteiger partial charge in [0.1, 0.15) is 11.8 Å². The minimum atomic E-state index is -3.61. The zero-order chi connectivity index (χ0) is 19.2. The van der Waals surface area contributed by atoms with Crippen molar-refractivity contribution in [1.29, 1.82) is 0 Å². The summed E-state index contributed by atoms with van der Waals surface area (Å²) < 4.78 is 31.1. The molecule has 0 bridgehead atoms. The molecule has 26 heavy (non-hydrogen) atoms. The van der Waals surface area contributed by atoms with Gasteiger partial charge in [-0.1, -0.05) is 11.6 Å². The predicted molar refractivity (Wildman–Crippen MR) is 104 cm³/mol. The van der Waals surface area contributed by atoms with E-state index in [1.165, 1.54) is 12.0 Å². The van der Waals surface area contributed by atoms with E-state index in [-0.39, 0.29) is 5.91 Å². The Balaban J connectivity index is 2.12. The number of nitrogens with zero attached hydrogens (tertiary/aromatic N) is 1. The van der Waals surface area contributed by atoms with Crippen LogP contribution in [0.2, 0.25) is 0 Å². The number of sulfonamides is 1. The van der Waals surface area contributed by atoms with Gasteiger partial charge in [-0.3, -0.25) is 9.10 Å². The second kappa shape index (κ2) is 9.07. The van der Waals surface area contributed by atoms with Gasteiger partial charge in [-0.15, -0.1) is 0 Å². The van der Waals surface area contributed by atoms with E-state index in [2.05, 4.69) is 11.4 Å². The molecule has 1 aliphatic rings. The number of hydrogen-bond donors (Lipinski definition) is 1. The molecule has 1 aliphatic carbocycles. The van der Waals surface area contributed by atoms with Crippen molar-refractivity contribution in [2.75, 3.05) is 23.7 Å². The van der Waals surface area contributed by atoms with E-state index in [4.69, 9.17) is 4.74 Å². The molecule has 6 nitrogen and oxygen atoms in total. The minimum Gasteiger partial charge on any atom is -0.494 e. The molecule has 1 amide bonds. The molecule has 2 rings (SSSR count). The summed E-state index contributed by atoms with van der Waals surface area (Å²) in [6, 6.07) is 5.87. The molecule has 0 radical (unpaired) electrons. The van der Waals surface area contributed by atoms with Gasteiger partial charge in [-0.25, -0.2) is 8.42 Å². The van der Waals surface area contributed by atoms with Crippen LogP contribution in [0.1, 0.15) is 39.5 Å². The molecule has 144 valence electrons. The Kier molecular flexibility index (Phi) is 7.08. The van der Waals surface area contributed by atoms with Gasteiger partial charge in [0.05, 0.1) is 18.6 Å². The van der Waals surface area contributed by atoms with Crippen LogP contribution in [-0.2, 0) is 14.8 Å². The number of ether oxygens (including phenoxy) is 1. The van der Waals surface area contributed by atoms with Crippen LogP contribution in [0.25, 0.3) is 0 Å². The van der Waals surface area contributed by atoms with Gasteiger partial charge >= 0.3 is 0 Å². The quantitative estimate of drug-likeness (QED) is 0.704.